The molecule has 0 spiro atoms. The molecule has 68 valence electrons. The van der Waals surface area contributed by atoms with E-state index in [1.807, 2.05) is 0 Å². The summed E-state index contributed by atoms with van der Waals surface area (Å²) in [5, 5.41) is 2.44. The van der Waals surface area contributed by atoms with Crippen LogP contribution in [0.3, 0.4) is 0 Å². The molecule has 12 heavy (non-hydrogen) atoms. The molecule has 2 nitrogen and oxygen atoms in total. The van der Waals surface area contributed by atoms with Gasteiger partial charge < -0.3 is 4.90 Å². The minimum atomic E-state index is 0.320. The number of aliphatic imine (C=N–C) groups is 1. The number of isothiocyanates is 1. The lowest BCUT2D eigenvalue weighted by Crippen LogP contribution is -2.34. The predicted octanol–water partition coefficient (Wildman–Crippen LogP) is 1.96. The fourth-order valence-electron chi connectivity index (χ4n) is 1.65. The van der Waals surface area contributed by atoms with Gasteiger partial charge in [0.05, 0.1) is 11.2 Å². The lowest BCUT2D eigenvalue weighted by atomic mass is 10.1. The van der Waals surface area contributed by atoms with Crippen LogP contribution in [0, 0.1) is 0 Å². The van der Waals surface area contributed by atoms with E-state index in [0.717, 1.165) is 6.54 Å². The van der Waals surface area contributed by atoms with E-state index in [1.54, 1.807) is 0 Å². The molecule has 1 atom stereocenters. The Labute approximate surface area is 79.7 Å². The third-order valence-electron chi connectivity index (χ3n) is 2.24. The Balaban J connectivity index is 2.24. The van der Waals surface area contributed by atoms with Crippen molar-refractivity contribution >= 4 is 17.4 Å². The molecule has 0 bridgehead atoms. The van der Waals surface area contributed by atoms with Crippen LogP contribution in [0.1, 0.15) is 26.2 Å². The fourth-order valence-corrected chi connectivity index (χ4v) is 1.83. The van der Waals surface area contributed by atoms with E-state index < -0.39 is 0 Å². The highest BCUT2D eigenvalue weighted by atomic mass is 32.1. The van der Waals surface area contributed by atoms with Gasteiger partial charge in [0.1, 0.15) is 0 Å². The summed E-state index contributed by atoms with van der Waals surface area (Å²) in [5.41, 5.74) is 0. The standard InChI is InChI=1S/C9H16N2S/c1-9(10-8-12)7-11-5-3-2-4-6-11/h9H,2-7H2,1H3. The lowest BCUT2D eigenvalue weighted by molar-refractivity contribution is 0.220. The first-order valence-electron chi connectivity index (χ1n) is 4.62. The summed E-state index contributed by atoms with van der Waals surface area (Å²) in [5.74, 6) is 0. The number of thiocarbonyl (C=S) groups is 1. The first kappa shape index (κ1) is 9.85. The zero-order chi connectivity index (χ0) is 8.81. The first-order valence-corrected chi connectivity index (χ1v) is 5.03. The van der Waals surface area contributed by atoms with Crippen LogP contribution in [0.2, 0.25) is 0 Å². The Kier molecular flexibility index (Phi) is 4.44. The Morgan fingerprint density at radius 2 is 2.08 bits per heavy atom. The minimum Gasteiger partial charge on any atom is -0.301 e. The maximum atomic E-state index is 4.56. The van der Waals surface area contributed by atoms with Crippen molar-refractivity contribution < 1.29 is 0 Å². The third-order valence-corrected chi connectivity index (χ3v) is 2.35. The molecular formula is C9H16N2S. The summed E-state index contributed by atoms with van der Waals surface area (Å²) in [6, 6.07) is 0.320. The Morgan fingerprint density at radius 1 is 1.42 bits per heavy atom. The molecule has 1 aliphatic rings. The molecule has 0 aromatic heterocycles. The monoisotopic (exact) mass is 184 g/mol. The van der Waals surface area contributed by atoms with E-state index in [4.69, 9.17) is 0 Å². The van der Waals surface area contributed by atoms with Crippen LogP contribution in [-0.2, 0) is 0 Å². The van der Waals surface area contributed by atoms with Crippen molar-refractivity contribution in [1.82, 2.24) is 4.90 Å². The van der Waals surface area contributed by atoms with Crippen LogP contribution in [0.25, 0.3) is 0 Å². The van der Waals surface area contributed by atoms with E-state index in [2.05, 4.69) is 34.2 Å². The van der Waals surface area contributed by atoms with E-state index in [-0.39, 0.29) is 0 Å². The SMILES string of the molecule is CC(CN1CCCCC1)N=C=S. The van der Waals surface area contributed by atoms with Crippen molar-refractivity contribution in [2.45, 2.75) is 32.2 Å². The number of hydrogen-bond acceptors (Lipinski definition) is 3. The second-order valence-corrected chi connectivity index (χ2v) is 3.61. The van der Waals surface area contributed by atoms with Gasteiger partial charge in [-0.15, -0.1) is 0 Å². The minimum absolute atomic E-state index is 0.320. The summed E-state index contributed by atoms with van der Waals surface area (Å²) in [7, 11) is 0. The van der Waals surface area contributed by atoms with Crippen LogP contribution in [0.15, 0.2) is 4.99 Å². The molecule has 1 unspecified atom stereocenters. The van der Waals surface area contributed by atoms with Gasteiger partial charge in [-0.1, -0.05) is 6.42 Å². The first-order chi connectivity index (χ1) is 5.83. The molecule has 1 saturated heterocycles. The van der Waals surface area contributed by atoms with Gasteiger partial charge in [-0.05, 0) is 45.1 Å². The fraction of sp³-hybridized carbons (Fsp3) is 0.889. The van der Waals surface area contributed by atoms with Crippen molar-refractivity contribution in [3.8, 4) is 0 Å². The molecule has 0 amide bonds. The van der Waals surface area contributed by atoms with E-state index >= 15 is 0 Å². The summed E-state index contributed by atoms with van der Waals surface area (Å²) in [4.78, 5) is 6.50. The lowest BCUT2D eigenvalue weighted by Gasteiger charge is -2.27. The number of rotatable bonds is 3. The van der Waals surface area contributed by atoms with Crippen LogP contribution in [0.5, 0.6) is 0 Å². The van der Waals surface area contributed by atoms with Crippen molar-refractivity contribution in [2.75, 3.05) is 19.6 Å². The van der Waals surface area contributed by atoms with Crippen molar-refractivity contribution in [2.24, 2.45) is 4.99 Å². The van der Waals surface area contributed by atoms with Crippen LogP contribution < -0.4 is 0 Å². The topological polar surface area (TPSA) is 15.6 Å². The Bertz CT molecular complexity index is 169. The zero-order valence-electron chi connectivity index (χ0n) is 7.62. The van der Waals surface area contributed by atoms with E-state index in [1.165, 1.54) is 32.4 Å². The normalized spacial score (nSPS) is 21.4. The van der Waals surface area contributed by atoms with Crippen molar-refractivity contribution in [3.63, 3.8) is 0 Å². The predicted molar refractivity (Wildman–Crippen MR) is 54.8 cm³/mol. The molecule has 3 heteroatoms. The number of piperidine rings is 1. The zero-order valence-corrected chi connectivity index (χ0v) is 8.44. The van der Waals surface area contributed by atoms with Crippen molar-refractivity contribution in [1.29, 1.82) is 0 Å². The summed E-state index contributed by atoms with van der Waals surface area (Å²) < 4.78 is 0. The summed E-state index contributed by atoms with van der Waals surface area (Å²) in [6.45, 7) is 5.60. The second-order valence-electron chi connectivity index (χ2n) is 3.43. The highest BCUT2D eigenvalue weighted by Gasteiger charge is 2.11. The molecule has 0 saturated carbocycles. The highest BCUT2D eigenvalue weighted by Crippen LogP contribution is 2.09. The summed E-state index contributed by atoms with van der Waals surface area (Å²) in [6.07, 6.45) is 4.07. The van der Waals surface area contributed by atoms with Crippen molar-refractivity contribution in [3.05, 3.63) is 0 Å². The summed E-state index contributed by atoms with van der Waals surface area (Å²) >= 11 is 4.56. The van der Waals surface area contributed by atoms with Crippen LogP contribution in [-0.4, -0.2) is 35.7 Å². The number of hydrogen-bond donors (Lipinski definition) is 0. The van der Waals surface area contributed by atoms with E-state index in [0.29, 0.717) is 6.04 Å². The van der Waals surface area contributed by atoms with Gasteiger partial charge in [-0.3, -0.25) is 0 Å². The Morgan fingerprint density at radius 3 is 2.67 bits per heavy atom. The van der Waals surface area contributed by atoms with Gasteiger partial charge in [0, 0.05) is 6.54 Å². The van der Waals surface area contributed by atoms with Gasteiger partial charge >= 0.3 is 0 Å². The maximum absolute atomic E-state index is 4.56. The average molecular weight is 184 g/mol. The number of likely N-dealkylation sites (tertiary alicyclic amines) is 1. The molecule has 1 fully saturated rings. The van der Waals surface area contributed by atoms with Gasteiger partial charge in [0.15, 0.2) is 0 Å². The van der Waals surface area contributed by atoms with Gasteiger partial charge in [0.2, 0.25) is 0 Å². The second kappa shape index (κ2) is 5.41. The quantitative estimate of drug-likeness (QED) is 0.492. The third kappa shape index (κ3) is 3.44. The molecule has 0 radical (unpaired) electrons. The molecular weight excluding hydrogens is 168 g/mol. The highest BCUT2D eigenvalue weighted by molar-refractivity contribution is 7.78. The molecule has 1 heterocycles. The molecule has 0 N–H and O–H groups in total. The molecule has 1 rings (SSSR count). The maximum Gasteiger partial charge on any atom is 0.0701 e. The Hall–Kier alpha value is -0.240. The average Bonchev–Trinajstić information content (AvgIpc) is 2.06. The van der Waals surface area contributed by atoms with Gasteiger partial charge in [-0.25, -0.2) is 4.99 Å². The van der Waals surface area contributed by atoms with Gasteiger partial charge in [-0.2, -0.15) is 0 Å². The molecule has 0 aromatic carbocycles. The largest absolute Gasteiger partial charge is 0.301 e. The molecule has 1 aliphatic heterocycles. The van der Waals surface area contributed by atoms with E-state index in [9.17, 15) is 0 Å². The number of nitrogens with zero attached hydrogens (tertiary/aromatic N) is 2. The van der Waals surface area contributed by atoms with Crippen LogP contribution >= 0.6 is 12.2 Å². The van der Waals surface area contributed by atoms with Crippen LogP contribution in [0.4, 0.5) is 0 Å². The molecule has 0 aliphatic carbocycles. The smallest absolute Gasteiger partial charge is 0.0701 e. The molecule has 0 aromatic rings. The van der Waals surface area contributed by atoms with Gasteiger partial charge in [0.25, 0.3) is 0 Å².